The molecule has 0 atom stereocenters. The lowest BCUT2D eigenvalue weighted by atomic mass is 9.89. The van der Waals surface area contributed by atoms with Crippen molar-refractivity contribution in [1.82, 2.24) is 10.2 Å². The van der Waals surface area contributed by atoms with Gasteiger partial charge in [0, 0.05) is 11.6 Å². The third-order valence-corrected chi connectivity index (χ3v) is 4.22. The SMILES string of the molecule is Cc1ccc(Nc2ccc(NC(=O)C3CCCCC3)nn2)cc1. The highest BCUT2D eigenvalue weighted by molar-refractivity contribution is 5.91. The van der Waals surface area contributed by atoms with Gasteiger partial charge in [-0.05, 0) is 44.0 Å². The van der Waals surface area contributed by atoms with E-state index in [1.165, 1.54) is 12.0 Å². The van der Waals surface area contributed by atoms with E-state index in [0.29, 0.717) is 11.6 Å². The Hall–Kier alpha value is -2.43. The van der Waals surface area contributed by atoms with Gasteiger partial charge >= 0.3 is 0 Å². The molecule has 1 aliphatic carbocycles. The zero-order valence-corrected chi connectivity index (χ0v) is 13.4. The smallest absolute Gasteiger partial charge is 0.228 e. The number of aryl methyl sites for hydroxylation is 1. The molecule has 0 aliphatic heterocycles. The summed E-state index contributed by atoms with van der Waals surface area (Å²) in [7, 11) is 0. The topological polar surface area (TPSA) is 66.9 Å². The second kappa shape index (κ2) is 7.22. The summed E-state index contributed by atoms with van der Waals surface area (Å²) >= 11 is 0. The molecule has 2 aromatic rings. The van der Waals surface area contributed by atoms with Crippen molar-refractivity contribution in [2.24, 2.45) is 5.92 Å². The number of amides is 1. The number of rotatable bonds is 4. The van der Waals surface area contributed by atoms with E-state index in [1.54, 1.807) is 6.07 Å². The van der Waals surface area contributed by atoms with Gasteiger partial charge in [0.25, 0.3) is 0 Å². The number of hydrogen-bond donors (Lipinski definition) is 2. The van der Waals surface area contributed by atoms with Crippen LogP contribution in [0.2, 0.25) is 0 Å². The van der Waals surface area contributed by atoms with Crippen LogP contribution in [0.15, 0.2) is 36.4 Å². The maximum absolute atomic E-state index is 12.2. The van der Waals surface area contributed by atoms with E-state index in [0.717, 1.165) is 31.4 Å². The first kappa shape index (κ1) is 15.5. The van der Waals surface area contributed by atoms with Crippen LogP contribution in [0.25, 0.3) is 0 Å². The molecule has 120 valence electrons. The Morgan fingerprint density at radius 2 is 1.61 bits per heavy atom. The molecule has 3 rings (SSSR count). The van der Waals surface area contributed by atoms with Crippen LogP contribution in [0.1, 0.15) is 37.7 Å². The normalized spacial score (nSPS) is 15.2. The summed E-state index contributed by atoms with van der Waals surface area (Å²) < 4.78 is 0. The number of hydrogen-bond acceptors (Lipinski definition) is 4. The highest BCUT2D eigenvalue weighted by Gasteiger charge is 2.21. The highest BCUT2D eigenvalue weighted by Crippen LogP contribution is 2.24. The third kappa shape index (κ3) is 4.28. The van der Waals surface area contributed by atoms with Crippen LogP contribution in [-0.2, 0) is 4.79 Å². The van der Waals surface area contributed by atoms with Crippen LogP contribution >= 0.6 is 0 Å². The van der Waals surface area contributed by atoms with E-state index in [9.17, 15) is 4.79 Å². The average molecular weight is 310 g/mol. The molecule has 1 aromatic heterocycles. The fourth-order valence-corrected chi connectivity index (χ4v) is 2.84. The fraction of sp³-hybridized carbons (Fsp3) is 0.389. The molecule has 1 amide bonds. The van der Waals surface area contributed by atoms with E-state index in [1.807, 2.05) is 37.3 Å². The predicted molar refractivity (Wildman–Crippen MR) is 91.7 cm³/mol. The zero-order chi connectivity index (χ0) is 16.1. The van der Waals surface area contributed by atoms with Gasteiger partial charge in [0.1, 0.15) is 0 Å². The Labute approximate surface area is 136 Å². The van der Waals surface area contributed by atoms with Gasteiger partial charge in [-0.3, -0.25) is 4.79 Å². The van der Waals surface area contributed by atoms with E-state index in [-0.39, 0.29) is 11.8 Å². The molecular formula is C18H22N4O. The lowest BCUT2D eigenvalue weighted by Gasteiger charge is -2.20. The molecule has 1 fully saturated rings. The summed E-state index contributed by atoms with van der Waals surface area (Å²) in [6, 6.07) is 11.7. The molecule has 0 saturated heterocycles. The molecule has 1 saturated carbocycles. The van der Waals surface area contributed by atoms with Crippen LogP contribution in [0.4, 0.5) is 17.3 Å². The molecule has 5 nitrogen and oxygen atoms in total. The number of carbonyl (C=O) groups is 1. The van der Waals surface area contributed by atoms with Crippen molar-refractivity contribution in [3.8, 4) is 0 Å². The number of aromatic nitrogens is 2. The van der Waals surface area contributed by atoms with Gasteiger partial charge in [-0.1, -0.05) is 37.0 Å². The summed E-state index contributed by atoms with van der Waals surface area (Å²) in [4.78, 5) is 12.2. The second-order valence-electron chi connectivity index (χ2n) is 6.12. The van der Waals surface area contributed by atoms with E-state index < -0.39 is 0 Å². The van der Waals surface area contributed by atoms with Gasteiger partial charge in [-0.15, -0.1) is 10.2 Å². The Morgan fingerprint density at radius 3 is 2.26 bits per heavy atom. The van der Waals surface area contributed by atoms with E-state index in [4.69, 9.17) is 0 Å². The Kier molecular flexibility index (Phi) is 4.86. The summed E-state index contributed by atoms with van der Waals surface area (Å²) in [5, 5.41) is 14.3. The van der Waals surface area contributed by atoms with Crippen LogP contribution in [-0.4, -0.2) is 16.1 Å². The molecular weight excluding hydrogens is 288 g/mol. The molecule has 0 bridgehead atoms. The number of anilines is 3. The molecule has 2 N–H and O–H groups in total. The Morgan fingerprint density at radius 1 is 0.957 bits per heavy atom. The second-order valence-corrected chi connectivity index (χ2v) is 6.12. The maximum atomic E-state index is 12.2. The van der Waals surface area contributed by atoms with Crippen molar-refractivity contribution in [3.05, 3.63) is 42.0 Å². The molecule has 1 aromatic carbocycles. The minimum Gasteiger partial charge on any atom is -0.339 e. The van der Waals surface area contributed by atoms with Crippen molar-refractivity contribution in [3.63, 3.8) is 0 Å². The summed E-state index contributed by atoms with van der Waals surface area (Å²) in [5.74, 6) is 1.36. The fourth-order valence-electron chi connectivity index (χ4n) is 2.84. The lowest BCUT2D eigenvalue weighted by molar-refractivity contribution is -0.120. The summed E-state index contributed by atoms with van der Waals surface area (Å²) in [5.41, 5.74) is 2.17. The largest absolute Gasteiger partial charge is 0.339 e. The van der Waals surface area contributed by atoms with Crippen molar-refractivity contribution in [2.75, 3.05) is 10.6 Å². The number of nitrogens with one attached hydrogen (secondary N) is 2. The molecule has 1 heterocycles. The zero-order valence-electron chi connectivity index (χ0n) is 13.4. The molecule has 0 unspecified atom stereocenters. The van der Waals surface area contributed by atoms with E-state index in [2.05, 4.69) is 20.8 Å². The van der Waals surface area contributed by atoms with Gasteiger partial charge in [-0.2, -0.15) is 0 Å². The minimum absolute atomic E-state index is 0.0678. The minimum atomic E-state index is 0.0678. The molecule has 1 aliphatic rings. The molecule has 0 radical (unpaired) electrons. The van der Waals surface area contributed by atoms with Crippen molar-refractivity contribution in [1.29, 1.82) is 0 Å². The first-order valence-electron chi connectivity index (χ1n) is 8.19. The average Bonchev–Trinajstić information content (AvgIpc) is 2.59. The Balaban J connectivity index is 1.58. The van der Waals surface area contributed by atoms with Crippen LogP contribution in [0.5, 0.6) is 0 Å². The predicted octanol–water partition coefficient (Wildman–Crippen LogP) is 4.05. The third-order valence-electron chi connectivity index (χ3n) is 4.22. The van der Waals surface area contributed by atoms with Crippen molar-refractivity contribution < 1.29 is 4.79 Å². The van der Waals surface area contributed by atoms with Crippen molar-refractivity contribution in [2.45, 2.75) is 39.0 Å². The quantitative estimate of drug-likeness (QED) is 0.894. The number of carbonyl (C=O) groups excluding carboxylic acids is 1. The Bertz CT molecular complexity index is 646. The van der Waals surface area contributed by atoms with Gasteiger partial charge in [0.05, 0.1) is 0 Å². The monoisotopic (exact) mass is 310 g/mol. The van der Waals surface area contributed by atoms with Crippen LogP contribution < -0.4 is 10.6 Å². The first-order valence-corrected chi connectivity index (χ1v) is 8.19. The standard InChI is InChI=1S/C18H22N4O/c1-13-7-9-15(10-8-13)19-16-11-12-17(22-21-16)20-18(23)14-5-3-2-4-6-14/h7-12,14H,2-6H2,1H3,(H,19,21)(H,20,22,23). The first-order chi connectivity index (χ1) is 11.2. The molecule has 23 heavy (non-hydrogen) atoms. The van der Waals surface area contributed by atoms with E-state index >= 15 is 0 Å². The number of nitrogens with zero attached hydrogens (tertiary/aromatic N) is 2. The van der Waals surface area contributed by atoms with Gasteiger partial charge in [0.15, 0.2) is 11.6 Å². The lowest BCUT2D eigenvalue weighted by Crippen LogP contribution is -2.25. The van der Waals surface area contributed by atoms with Crippen LogP contribution in [0, 0.1) is 12.8 Å². The molecule has 5 heteroatoms. The maximum Gasteiger partial charge on any atom is 0.228 e. The van der Waals surface area contributed by atoms with Crippen molar-refractivity contribution >= 4 is 23.2 Å². The summed E-state index contributed by atoms with van der Waals surface area (Å²) in [6.07, 6.45) is 5.48. The van der Waals surface area contributed by atoms with Gasteiger partial charge < -0.3 is 10.6 Å². The highest BCUT2D eigenvalue weighted by atomic mass is 16.1. The van der Waals surface area contributed by atoms with Gasteiger partial charge in [0.2, 0.25) is 5.91 Å². The molecule has 0 spiro atoms. The summed E-state index contributed by atoms with van der Waals surface area (Å²) in [6.45, 7) is 2.05. The van der Waals surface area contributed by atoms with Crippen LogP contribution in [0.3, 0.4) is 0 Å². The number of benzene rings is 1. The van der Waals surface area contributed by atoms with Gasteiger partial charge in [-0.25, -0.2) is 0 Å².